The number of likely N-dealkylation sites (tertiary alicyclic amines) is 2. The topological polar surface area (TPSA) is 60.0 Å². The third-order valence-corrected chi connectivity index (χ3v) is 6.86. The van der Waals surface area contributed by atoms with Crippen molar-refractivity contribution in [1.29, 1.82) is 0 Å². The summed E-state index contributed by atoms with van der Waals surface area (Å²) in [5.74, 6) is 3.18. The number of rotatable bonds is 7. The van der Waals surface area contributed by atoms with Crippen LogP contribution in [0.3, 0.4) is 0 Å². The Morgan fingerprint density at radius 3 is 2.38 bits per heavy atom. The highest BCUT2D eigenvalue weighted by atomic mass is 16.1. The molecule has 2 N–H and O–H groups in total. The molecule has 2 fully saturated rings. The molecule has 2 aliphatic rings. The number of carbonyl (C=O) groups excluding carboxylic acids is 1. The highest BCUT2D eigenvalue weighted by molar-refractivity contribution is 5.80. The van der Waals surface area contributed by atoms with Gasteiger partial charge in [-0.1, -0.05) is 38.1 Å². The van der Waals surface area contributed by atoms with Crippen molar-refractivity contribution in [2.75, 3.05) is 39.8 Å². The van der Waals surface area contributed by atoms with Crippen LogP contribution in [0, 0.1) is 17.8 Å². The van der Waals surface area contributed by atoms with Crippen LogP contribution in [-0.4, -0.2) is 61.4 Å². The quantitative estimate of drug-likeness (QED) is 0.502. The molecule has 1 aromatic rings. The minimum atomic E-state index is 0.151. The lowest BCUT2D eigenvalue weighted by Gasteiger charge is -2.35. The number of piperidine rings is 2. The van der Waals surface area contributed by atoms with Gasteiger partial charge >= 0.3 is 0 Å². The molecule has 6 heteroatoms. The molecule has 2 atom stereocenters. The Bertz CT molecular complexity index is 746. The molecule has 0 bridgehead atoms. The van der Waals surface area contributed by atoms with Gasteiger partial charge in [-0.2, -0.15) is 0 Å². The van der Waals surface area contributed by atoms with Crippen LogP contribution in [0.5, 0.6) is 0 Å². The molecule has 3 rings (SSSR count). The van der Waals surface area contributed by atoms with E-state index in [-0.39, 0.29) is 5.91 Å². The van der Waals surface area contributed by atoms with Gasteiger partial charge in [0.15, 0.2) is 5.96 Å². The summed E-state index contributed by atoms with van der Waals surface area (Å²) >= 11 is 0. The van der Waals surface area contributed by atoms with Crippen molar-refractivity contribution in [1.82, 2.24) is 20.4 Å². The van der Waals surface area contributed by atoms with E-state index < -0.39 is 0 Å². The predicted octanol–water partition coefficient (Wildman–Crippen LogP) is 3.48. The van der Waals surface area contributed by atoms with Crippen LogP contribution in [0.15, 0.2) is 29.3 Å². The maximum Gasteiger partial charge on any atom is 0.220 e. The standard InChI is InChI=1S/C26H43N5O/c1-5-28-26(31-12-10-22(11-13-31)15-25(32)27-4)29-16-23-8-6-7-9-24(23)19-30-17-20(2)14-21(3)18-30/h6-9,20-22H,5,10-19H2,1-4H3,(H,27,32)(H,28,29). The number of amides is 1. The van der Waals surface area contributed by atoms with Crippen LogP contribution in [0.4, 0.5) is 0 Å². The zero-order chi connectivity index (χ0) is 22.9. The fourth-order valence-electron chi connectivity index (χ4n) is 5.33. The SMILES string of the molecule is CCNC(=NCc1ccccc1CN1CC(C)CC(C)C1)N1CCC(CC(=O)NC)CC1. The van der Waals surface area contributed by atoms with Crippen LogP contribution < -0.4 is 10.6 Å². The molecule has 0 spiro atoms. The maximum atomic E-state index is 11.7. The largest absolute Gasteiger partial charge is 0.359 e. The second-order valence-corrected chi connectivity index (χ2v) is 9.89. The maximum absolute atomic E-state index is 11.7. The van der Waals surface area contributed by atoms with Crippen molar-refractivity contribution >= 4 is 11.9 Å². The van der Waals surface area contributed by atoms with Gasteiger partial charge in [0.2, 0.25) is 5.91 Å². The minimum Gasteiger partial charge on any atom is -0.359 e. The highest BCUT2D eigenvalue weighted by Crippen LogP contribution is 2.24. The van der Waals surface area contributed by atoms with E-state index in [4.69, 9.17) is 4.99 Å². The molecule has 2 heterocycles. The summed E-state index contributed by atoms with van der Waals surface area (Å²) in [7, 11) is 1.72. The Morgan fingerprint density at radius 1 is 1.09 bits per heavy atom. The van der Waals surface area contributed by atoms with Crippen molar-refractivity contribution in [2.24, 2.45) is 22.7 Å². The summed E-state index contributed by atoms with van der Waals surface area (Å²) in [5, 5.41) is 6.24. The molecule has 1 amide bonds. The molecule has 0 aliphatic carbocycles. The van der Waals surface area contributed by atoms with Crippen molar-refractivity contribution in [3.05, 3.63) is 35.4 Å². The Kier molecular flexibility index (Phi) is 9.39. The molecular formula is C26H43N5O. The van der Waals surface area contributed by atoms with Gasteiger partial charge in [-0.05, 0) is 55.1 Å². The Morgan fingerprint density at radius 2 is 1.75 bits per heavy atom. The summed E-state index contributed by atoms with van der Waals surface area (Å²) in [4.78, 5) is 21.7. The van der Waals surface area contributed by atoms with Crippen molar-refractivity contribution in [3.63, 3.8) is 0 Å². The minimum absolute atomic E-state index is 0.151. The molecule has 32 heavy (non-hydrogen) atoms. The van der Waals surface area contributed by atoms with E-state index in [0.29, 0.717) is 18.9 Å². The lowest BCUT2D eigenvalue weighted by molar-refractivity contribution is -0.121. The van der Waals surface area contributed by atoms with E-state index >= 15 is 0 Å². The van der Waals surface area contributed by atoms with E-state index in [1.54, 1.807) is 7.05 Å². The summed E-state index contributed by atoms with van der Waals surface area (Å²) in [6.07, 6.45) is 4.06. The monoisotopic (exact) mass is 441 g/mol. The van der Waals surface area contributed by atoms with Crippen LogP contribution in [-0.2, 0) is 17.9 Å². The highest BCUT2D eigenvalue weighted by Gasteiger charge is 2.24. The number of hydrogen-bond donors (Lipinski definition) is 2. The Hall–Kier alpha value is -2.08. The van der Waals surface area contributed by atoms with Gasteiger partial charge in [-0.25, -0.2) is 4.99 Å². The van der Waals surface area contributed by atoms with Crippen molar-refractivity contribution in [3.8, 4) is 0 Å². The van der Waals surface area contributed by atoms with E-state index in [2.05, 4.69) is 65.5 Å². The predicted molar refractivity (Wildman–Crippen MR) is 132 cm³/mol. The third-order valence-electron chi connectivity index (χ3n) is 6.86. The Balaban J connectivity index is 1.62. The molecule has 6 nitrogen and oxygen atoms in total. The molecule has 2 unspecified atom stereocenters. The molecule has 0 aromatic heterocycles. The van der Waals surface area contributed by atoms with Crippen molar-refractivity contribution < 1.29 is 4.79 Å². The van der Waals surface area contributed by atoms with Gasteiger partial charge < -0.3 is 15.5 Å². The molecule has 178 valence electrons. The summed E-state index contributed by atoms with van der Waals surface area (Å²) in [6.45, 7) is 13.8. The van der Waals surface area contributed by atoms with Gasteiger partial charge in [-0.3, -0.25) is 9.69 Å². The average Bonchev–Trinajstić information content (AvgIpc) is 2.77. The van der Waals surface area contributed by atoms with Crippen LogP contribution >= 0.6 is 0 Å². The molecule has 0 saturated carbocycles. The normalized spacial score (nSPS) is 23.2. The number of guanidine groups is 1. The first kappa shape index (κ1) is 24.6. The number of nitrogens with one attached hydrogen (secondary N) is 2. The third kappa shape index (κ3) is 7.22. The first-order valence-corrected chi connectivity index (χ1v) is 12.5. The molecular weight excluding hydrogens is 398 g/mol. The summed E-state index contributed by atoms with van der Waals surface area (Å²) in [5.41, 5.74) is 2.72. The smallest absolute Gasteiger partial charge is 0.220 e. The molecule has 0 radical (unpaired) electrons. The fourth-order valence-corrected chi connectivity index (χ4v) is 5.33. The van der Waals surface area contributed by atoms with Crippen molar-refractivity contribution in [2.45, 2.75) is 59.5 Å². The zero-order valence-electron chi connectivity index (χ0n) is 20.6. The second kappa shape index (κ2) is 12.2. The van der Waals surface area contributed by atoms with Gasteiger partial charge in [-0.15, -0.1) is 0 Å². The number of aliphatic imine (C=N–C) groups is 1. The first-order chi connectivity index (χ1) is 15.5. The fraction of sp³-hybridized carbons (Fsp3) is 0.692. The average molecular weight is 442 g/mol. The van der Waals surface area contributed by atoms with Crippen LogP contribution in [0.2, 0.25) is 0 Å². The number of carbonyl (C=O) groups is 1. The first-order valence-electron chi connectivity index (χ1n) is 12.5. The van der Waals surface area contributed by atoms with Gasteiger partial charge in [0, 0.05) is 52.7 Å². The molecule has 1 aromatic carbocycles. The Labute approximate surface area is 194 Å². The van der Waals surface area contributed by atoms with Gasteiger partial charge in [0.25, 0.3) is 0 Å². The summed E-state index contributed by atoms with van der Waals surface area (Å²) < 4.78 is 0. The van der Waals surface area contributed by atoms with Gasteiger partial charge in [0.05, 0.1) is 6.54 Å². The summed E-state index contributed by atoms with van der Waals surface area (Å²) in [6, 6.07) is 8.79. The van der Waals surface area contributed by atoms with E-state index in [1.165, 1.54) is 30.6 Å². The zero-order valence-corrected chi connectivity index (χ0v) is 20.6. The van der Waals surface area contributed by atoms with E-state index in [9.17, 15) is 4.79 Å². The lowest BCUT2D eigenvalue weighted by Crippen LogP contribution is -2.46. The number of nitrogens with zero attached hydrogens (tertiary/aromatic N) is 3. The second-order valence-electron chi connectivity index (χ2n) is 9.89. The number of hydrogen-bond acceptors (Lipinski definition) is 3. The van der Waals surface area contributed by atoms with Crippen LogP contribution in [0.25, 0.3) is 0 Å². The molecule has 2 saturated heterocycles. The number of benzene rings is 1. The lowest BCUT2D eigenvalue weighted by atomic mass is 9.91. The molecule has 2 aliphatic heterocycles. The van der Waals surface area contributed by atoms with Gasteiger partial charge in [0.1, 0.15) is 0 Å². The van der Waals surface area contributed by atoms with E-state index in [0.717, 1.165) is 56.8 Å². The van der Waals surface area contributed by atoms with Crippen LogP contribution in [0.1, 0.15) is 57.6 Å². The van der Waals surface area contributed by atoms with E-state index in [1.807, 2.05) is 0 Å².